The van der Waals surface area contributed by atoms with Crippen LogP contribution in [0, 0.1) is 11.8 Å². The normalized spacial score (nSPS) is 19.6. The van der Waals surface area contributed by atoms with Gasteiger partial charge < -0.3 is 5.32 Å². The van der Waals surface area contributed by atoms with E-state index in [1.165, 1.54) is 0 Å². The number of nitrogens with one attached hydrogen (secondary N) is 1. The molecule has 7 nitrogen and oxygen atoms in total. The first kappa shape index (κ1) is 18.9. The van der Waals surface area contributed by atoms with Crippen LogP contribution < -0.4 is 11.0 Å². The van der Waals surface area contributed by atoms with E-state index in [9.17, 15) is 9.59 Å². The zero-order chi connectivity index (χ0) is 19.7. The third kappa shape index (κ3) is 3.73. The number of imidazole rings is 1. The van der Waals surface area contributed by atoms with Crippen molar-refractivity contribution in [3.8, 4) is 0 Å². The lowest BCUT2D eigenvalue weighted by atomic mass is 9.81. The number of amides is 1. The molecule has 0 atom stereocenters. The van der Waals surface area contributed by atoms with E-state index in [4.69, 9.17) is 0 Å². The van der Waals surface area contributed by atoms with Gasteiger partial charge in [-0.25, -0.2) is 9.78 Å². The van der Waals surface area contributed by atoms with E-state index in [0.717, 1.165) is 41.5 Å². The third-order valence-electron chi connectivity index (χ3n) is 5.56. The number of carbonyl (C=O) groups excluding carboxylic acids is 1. The maximum Gasteiger partial charge on any atom is 0.330 e. The Labute approximate surface area is 170 Å². The molecule has 1 amide bonds. The molecule has 3 heterocycles. The average Bonchev–Trinajstić information content (AvgIpc) is 2.93. The topological polar surface area (TPSA) is 81.8 Å². The predicted octanol–water partition coefficient (Wildman–Crippen LogP) is 3.34. The van der Waals surface area contributed by atoms with Crippen LogP contribution in [-0.2, 0) is 18.4 Å². The van der Waals surface area contributed by atoms with Crippen LogP contribution in [0.25, 0.3) is 11.2 Å². The molecular weight excluding hydrogens is 422 g/mol. The maximum absolute atomic E-state index is 12.7. The van der Waals surface area contributed by atoms with E-state index in [-0.39, 0.29) is 17.5 Å². The lowest BCUT2D eigenvalue weighted by Gasteiger charge is -2.27. The summed E-state index contributed by atoms with van der Waals surface area (Å²) in [6.07, 6.45) is 6.84. The lowest BCUT2D eigenvalue weighted by Crippen LogP contribution is -2.31. The molecule has 1 saturated carbocycles. The van der Waals surface area contributed by atoms with Crippen molar-refractivity contribution in [3.05, 3.63) is 51.7 Å². The van der Waals surface area contributed by atoms with Crippen molar-refractivity contribution in [1.29, 1.82) is 0 Å². The van der Waals surface area contributed by atoms with E-state index < -0.39 is 0 Å². The Morgan fingerprint density at radius 2 is 1.89 bits per heavy atom. The second-order valence-electron chi connectivity index (χ2n) is 7.37. The molecule has 1 aliphatic rings. The van der Waals surface area contributed by atoms with Crippen LogP contribution in [0.5, 0.6) is 0 Å². The van der Waals surface area contributed by atoms with E-state index in [1.807, 2.05) is 12.1 Å². The second-order valence-corrected chi connectivity index (χ2v) is 8.18. The number of aryl methyl sites for hydroxylation is 1. The van der Waals surface area contributed by atoms with E-state index in [0.29, 0.717) is 18.1 Å². The first-order valence-corrected chi connectivity index (χ1v) is 10.2. The standard InChI is InChI=1S/C20H22BrN5O2/c1-25-16-6-7-17(21)24-18(16)26(20(25)28)12-13-2-4-14(5-3-13)19(27)23-15-8-10-22-11-9-15/h6-11,13-14H,2-5,12H2,1H3,(H,22,23,27). The van der Waals surface area contributed by atoms with Gasteiger partial charge in [0.2, 0.25) is 5.91 Å². The molecule has 3 aromatic rings. The fourth-order valence-corrected chi connectivity index (χ4v) is 4.26. The number of carbonyl (C=O) groups is 1. The Kier molecular flexibility index (Phi) is 5.30. The van der Waals surface area contributed by atoms with E-state index >= 15 is 0 Å². The smallest absolute Gasteiger partial charge is 0.326 e. The van der Waals surface area contributed by atoms with Crippen LogP contribution in [0.2, 0.25) is 0 Å². The Bertz CT molecular complexity index is 1050. The molecule has 0 saturated heterocycles. The summed E-state index contributed by atoms with van der Waals surface area (Å²) in [5.74, 6) is 0.451. The summed E-state index contributed by atoms with van der Waals surface area (Å²) < 4.78 is 4.13. The highest BCUT2D eigenvalue weighted by molar-refractivity contribution is 9.10. The summed E-state index contributed by atoms with van der Waals surface area (Å²) in [6.45, 7) is 0.637. The minimum Gasteiger partial charge on any atom is -0.326 e. The summed E-state index contributed by atoms with van der Waals surface area (Å²) >= 11 is 3.39. The minimum absolute atomic E-state index is 0.0147. The third-order valence-corrected chi connectivity index (χ3v) is 6.00. The first-order valence-electron chi connectivity index (χ1n) is 9.45. The number of anilines is 1. The largest absolute Gasteiger partial charge is 0.330 e. The molecule has 0 bridgehead atoms. The Hall–Kier alpha value is -2.48. The van der Waals surface area contributed by atoms with Gasteiger partial charge in [0.25, 0.3) is 0 Å². The van der Waals surface area contributed by atoms with Crippen molar-refractivity contribution in [3.63, 3.8) is 0 Å². The highest BCUT2D eigenvalue weighted by atomic mass is 79.9. The van der Waals surface area contributed by atoms with Crippen molar-refractivity contribution < 1.29 is 4.79 Å². The molecule has 1 fully saturated rings. The van der Waals surface area contributed by atoms with Crippen molar-refractivity contribution >= 4 is 38.7 Å². The van der Waals surface area contributed by atoms with Gasteiger partial charge in [0, 0.05) is 37.6 Å². The molecule has 0 radical (unpaired) electrons. The monoisotopic (exact) mass is 443 g/mol. The van der Waals surface area contributed by atoms with Gasteiger partial charge in [0.05, 0.1) is 5.52 Å². The maximum atomic E-state index is 12.7. The van der Waals surface area contributed by atoms with Crippen molar-refractivity contribution in [2.24, 2.45) is 18.9 Å². The number of nitrogens with zero attached hydrogens (tertiary/aromatic N) is 4. The molecule has 1 N–H and O–H groups in total. The SMILES string of the molecule is Cn1c(=O)n(CC2CCC(C(=O)Nc3ccncc3)CC2)c2nc(Br)ccc21. The molecule has 3 aromatic heterocycles. The predicted molar refractivity (Wildman–Crippen MR) is 111 cm³/mol. The van der Waals surface area contributed by atoms with Crippen LogP contribution >= 0.6 is 15.9 Å². The zero-order valence-corrected chi connectivity index (χ0v) is 17.2. The van der Waals surface area contributed by atoms with Gasteiger partial charge in [-0.2, -0.15) is 0 Å². The summed E-state index contributed by atoms with van der Waals surface area (Å²) in [5, 5.41) is 2.97. The quantitative estimate of drug-likeness (QED) is 0.626. The number of pyridine rings is 2. The molecular formula is C20H22BrN5O2. The van der Waals surface area contributed by atoms with Crippen molar-refractivity contribution in [2.75, 3.05) is 5.32 Å². The number of hydrogen-bond acceptors (Lipinski definition) is 4. The Balaban J connectivity index is 1.42. The molecule has 0 aliphatic heterocycles. The first-order chi connectivity index (χ1) is 13.5. The average molecular weight is 444 g/mol. The molecule has 28 heavy (non-hydrogen) atoms. The summed E-state index contributed by atoms with van der Waals surface area (Å²) in [6, 6.07) is 7.34. The molecule has 0 unspecified atom stereocenters. The van der Waals surface area contributed by atoms with Gasteiger partial charge in [0.15, 0.2) is 5.65 Å². The van der Waals surface area contributed by atoms with Crippen molar-refractivity contribution in [1.82, 2.24) is 19.1 Å². The minimum atomic E-state index is -0.0434. The Morgan fingerprint density at radius 3 is 2.61 bits per heavy atom. The molecule has 1 aliphatic carbocycles. The highest BCUT2D eigenvalue weighted by Gasteiger charge is 2.27. The number of fused-ring (bicyclic) bond motifs is 1. The van der Waals surface area contributed by atoms with Crippen LogP contribution in [0.3, 0.4) is 0 Å². The van der Waals surface area contributed by atoms with Gasteiger partial charge >= 0.3 is 5.69 Å². The number of aromatic nitrogens is 4. The molecule has 0 aromatic carbocycles. The van der Waals surface area contributed by atoms with Crippen LogP contribution in [0.4, 0.5) is 5.69 Å². The fourth-order valence-electron chi connectivity index (χ4n) is 3.96. The zero-order valence-electron chi connectivity index (χ0n) is 15.6. The van der Waals surface area contributed by atoms with Gasteiger partial charge in [-0.05, 0) is 71.8 Å². The lowest BCUT2D eigenvalue weighted by molar-refractivity contribution is -0.121. The summed E-state index contributed by atoms with van der Waals surface area (Å²) in [7, 11) is 1.77. The number of hydrogen-bond donors (Lipinski definition) is 1. The molecule has 8 heteroatoms. The van der Waals surface area contributed by atoms with Gasteiger partial charge in [-0.1, -0.05) is 0 Å². The fraction of sp³-hybridized carbons (Fsp3) is 0.400. The van der Waals surface area contributed by atoms with Gasteiger partial charge in [-0.3, -0.25) is 18.9 Å². The van der Waals surface area contributed by atoms with Crippen LogP contribution in [0.1, 0.15) is 25.7 Å². The Morgan fingerprint density at radius 1 is 1.18 bits per heavy atom. The molecule has 146 valence electrons. The van der Waals surface area contributed by atoms with Crippen LogP contribution in [0.15, 0.2) is 46.1 Å². The molecule has 0 spiro atoms. The number of halogens is 1. The summed E-state index contributed by atoms with van der Waals surface area (Å²) in [5.41, 5.74) is 2.28. The van der Waals surface area contributed by atoms with E-state index in [2.05, 4.69) is 31.2 Å². The second kappa shape index (κ2) is 7.87. The van der Waals surface area contributed by atoms with Crippen molar-refractivity contribution in [2.45, 2.75) is 32.2 Å². The molecule has 4 rings (SSSR count). The van der Waals surface area contributed by atoms with Crippen LogP contribution in [-0.4, -0.2) is 25.0 Å². The van der Waals surface area contributed by atoms with Gasteiger partial charge in [-0.15, -0.1) is 0 Å². The summed E-state index contributed by atoms with van der Waals surface area (Å²) in [4.78, 5) is 33.6. The number of rotatable bonds is 4. The van der Waals surface area contributed by atoms with E-state index in [1.54, 1.807) is 40.7 Å². The highest BCUT2D eigenvalue weighted by Crippen LogP contribution is 2.31. The van der Waals surface area contributed by atoms with Gasteiger partial charge in [0.1, 0.15) is 4.60 Å².